The molecule has 1 saturated heterocycles. The predicted octanol–water partition coefficient (Wildman–Crippen LogP) is 2.56. The second kappa shape index (κ2) is 8.04. The summed E-state index contributed by atoms with van der Waals surface area (Å²) in [5.74, 6) is -0.0832. The molecule has 3 heterocycles. The molecule has 9 heteroatoms. The topological polar surface area (TPSA) is 97.2 Å². The van der Waals surface area contributed by atoms with Gasteiger partial charge in [0.15, 0.2) is 0 Å². The van der Waals surface area contributed by atoms with Gasteiger partial charge in [-0.15, -0.1) is 0 Å². The van der Waals surface area contributed by atoms with Crippen LogP contribution in [-0.4, -0.2) is 46.8 Å². The molecule has 1 aliphatic rings. The number of likely N-dealkylation sites (tertiary alicyclic amines) is 1. The van der Waals surface area contributed by atoms with Crippen molar-refractivity contribution >= 4 is 21.6 Å². The molecule has 0 aliphatic carbocycles. The van der Waals surface area contributed by atoms with Gasteiger partial charge in [0.2, 0.25) is 0 Å². The molecule has 4 rings (SSSR count). The smallest absolute Gasteiger partial charge is 0.261 e. The molecule has 0 spiro atoms. The average Bonchev–Trinajstić information content (AvgIpc) is 3.29. The first kappa shape index (κ1) is 19.1. The van der Waals surface area contributed by atoms with Crippen LogP contribution in [0.5, 0.6) is 0 Å². The molecular weight excluding hydrogens is 390 g/mol. The van der Waals surface area contributed by atoms with E-state index in [1.165, 1.54) is 24.5 Å². The maximum Gasteiger partial charge on any atom is 0.261 e. The fraction of sp³-hybridized carbons (Fsp3) is 0.250. The van der Waals surface area contributed by atoms with Crippen molar-refractivity contribution in [2.24, 2.45) is 0 Å². The molecule has 2 aromatic heterocycles. The molecular formula is C20H21N5O3S. The normalized spacial score (nSPS) is 15.2. The maximum absolute atomic E-state index is 12.8. The minimum atomic E-state index is -3.72. The monoisotopic (exact) mass is 411 g/mol. The highest BCUT2D eigenvalue weighted by Gasteiger charge is 2.24. The number of carbonyl (C=O) groups excluding carboxylic acids is 1. The van der Waals surface area contributed by atoms with E-state index in [9.17, 15) is 13.2 Å². The molecule has 1 fully saturated rings. The molecule has 0 saturated carbocycles. The zero-order valence-electron chi connectivity index (χ0n) is 15.7. The van der Waals surface area contributed by atoms with E-state index in [0.717, 1.165) is 12.8 Å². The summed E-state index contributed by atoms with van der Waals surface area (Å²) < 4.78 is 29.6. The van der Waals surface area contributed by atoms with Gasteiger partial charge in [-0.25, -0.2) is 13.4 Å². The fourth-order valence-corrected chi connectivity index (χ4v) is 4.50. The summed E-state index contributed by atoms with van der Waals surface area (Å²) in [5.41, 5.74) is 0.912. The summed E-state index contributed by atoms with van der Waals surface area (Å²) in [4.78, 5) is 22.6. The number of piperidine rings is 1. The van der Waals surface area contributed by atoms with Gasteiger partial charge in [-0.2, -0.15) is 0 Å². The van der Waals surface area contributed by atoms with Gasteiger partial charge in [0.1, 0.15) is 0 Å². The number of hydrogen-bond acceptors (Lipinski definition) is 5. The minimum Gasteiger partial charge on any atom is -0.338 e. The third-order valence-corrected chi connectivity index (χ3v) is 6.44. The summed E-state index contributed by atoms with van der Waals surface area (Å²) in [6, 6.07) is 9.53. The number of benzene rings is 1. The van der Waals surface area contributed by atoms with Crippen molar-refractivity contribution in [1.29, 1.82) is 0 Å². The van der Waals surface area contributed by atoms with Crippen LogP contribution >= 0.6 is 0 Å². The van der Waals surface area contributed by atoms with Crippen molar-refractivity contribution < 1.29 is 13.2 Å². The van der Waals surface area contributed by atoms with Crippen LogP contribution in [0.3, 0.4) is 0 Å². The van der Waals surface area contributed by atoms with E-state index in [4.69, 9.17) is 0 Å². The Labute approximate surface area is 169 Å². The predicted molar refractivity (Wildman–Crippen MR) is 108 cm³/mol. The van der Waals surface area contributed by atoms with Gasteiger partial charge in [0.05, 0.1) is 16.9 Å². The van der Waals surface area contributed by atoms with Crippen LogP contribution in [0.2, 0.25) is 0 Å². The molecule has 29 heavy (non-hydrogen) atoms. The standard InChI is InChI=1S/C20H21N5O3S/c26-20(24-12-7-18(8-13-24)25-14-11-22-15-25)16-1-3-19(4-2-16)29(27,28)23-17-5-9-21-10-6-17/h1-6,9-11,14-15,18H,7-8,12-13H2,(H,21,23). The van der Waals surface area contributed by atoms with Gasteiger partial charge in [-0.1, -0.05) is 0 Å². The molecule has 1 aliphatic heterocycles. The highest BCUT2D eigenvalue weighted by Crippen LogP contribution is 2.24. The Morgan fingerprint density at radius 2 is 1.66 bits per heavy atom. The number of carbonyl (C=O) groups is 1. The summed E-state index contributed by atoms with van der Waals surface area (Å²) in [6.07, 6.45) is 10.3. The number of amides is 1. The van der Waals surface area contributed by atoms with Crippen molar-refractivity contribution in [2.45, 2.75) is 23.8 Å². The van der Waals surface area contributed by atoms with Crippen LogP contribution in [0.1, 0.15) is 29.2 Å². The molecule has 8 nitrogen and oxygen atoms in total. The van der Waals surface area contributed by atoms with E-state index in [2.05, 4.69) is 19.3 Å². The number of aromatic nitrogens is 3. The fourth-order valence-electron chi connectivity index (χ4n) is 3.45. The van der Waals surface area contributed by atoms with Gasteiger partial charge in [-0.3, -0.25) is 14.5 Å². The second-order valence-corrected chi connectivity index (χ2v) is 8.58. The molecule has 150 valence electrons. The maximum atomic E-state index is 12.8. The van der Waals surface area contributed by atoms with Crippen molar-refractivity contribution in [3.8, 4) is 0 Å². The zero-order valence-corrected chi connectivity index (χ0v) is 16.5. The van der Waals surface area contributed by atoms with Crippen molar-refractivity contribution in [3.63, 3.8) is 0 Å². The number of rotatable bonds is 5. The Morgan fingerprint density at radius 1 is 0.966 bits per heavy atom. The molecule has 3 aromatic rings. The number of anilines is 1. The number of nitrogens with one attached hydrogen (secondary N) is 1. The van der Waals surface area contributed by atoms with E-state index >= 15 is 0 Å². The summed E-state index contributed by atoms with van der Waals surface area (Å²) in [5, 5.41) is 0. The largest absolute Gasteiger partial charge is 0.338 e. The summed E-state index contributed by atoms with van der Waals surface area (Å²) >= 11 is 0. The molecule has 0 radical (unpaired) electrons. The minimum absolute atomic E-state index is 0.0832. The van der Waals surface area contributed by atoms with Crippen LogP contribution in [0, 0.1) is 0 Å². The van der Waals surface area contributed by atoms with Crippen LogP contribution < -0.4 is 4.72 Å². The number of hydrogen-bond donors (Lipinski definition) is 1. The Hall–Kier alpha value is -3.20. The van der Waals surface area contributed by atoms with Gasteiger partial charge in [0.25, 0.3) is 15.9 Å². The number of nitrogens with zero attached hydrogens (tertiary/aromatic N) is 4. The Morgan fingerprint density at radius 3 is 2.28 bits per heavy atom. The first-order valence-corrected chi connectivity index (χ1v) is 10.8. The highest BCUT2D eigenvalue weighted by molar-refractivity contribution is 7.92. The third kappa shape index (κ3) is 4.29. The van der Waals surface area contributed by atoms with Crippen molar-refractivity contribution in [3.05, 3.63) is 73.1 Å². The van der Waals surface area contributed by atoms with E-state index in [0.29, 0.717) is 30.4 Å². The molecule has 0 atom stereocenters. The second-order valence-electron chi connectivity index (χ2n) is 6.90. The average molecular weight is 411 g/mol. The van der Waals surface area contributed by atoms with Crippen LogP contribution in [0.15, 0.2) is 72.4 Å². The highest BCUT2D eigenvalue weighted by atomic mass is 32.2. The zero-order chi connectivity index (χ0) is 20.3. The summed E-state index contributed by atoms with van der Waals surface area (Å²) in [6.45, 7) is 1.32. The lowest BCUT2D eigenvalue weighted by molar-refractivity contribution is 0.0694. The lowest BCUT2D eigenvalue weighted by atomic mass is 10.0. The van der Waals surface area contributed by atoms with Crippen LogP contribution in [0.25, 0.3) is 0 Å². The van der Waals surface area contributed by atoms with E-state index in [-0.39, 0.29) is 10.8 Å². The van der Waals surface area contributed by atoms with Gasteiger partial charge < -0.3 is 9.47 Å². The van der Waals surface area contributed by atoms with Gasteiger partial charge >= 0.3 is 0 Å². The van der Waals surface area contributed by atoms with Crippen molar-refractivity contribution in [2.75, 3.05) is 17.8 Å². The van der Waals surface area contributed by atoms with Crippen LogP contribution in [0.4, 0.5) is 5.69 Å². The lowest BCUT2D eigenvalue weighted by Crippen LogP contribution is -2.38. The van der Waals surface area contributed by atoms with E-state index < -0.39 is 10.0 Å². The van der Waals surface area contributed by atoms with Gasteiger partial charge in [0, 0.05) is 49.5 Å². The number of imidazole rings is 1. The first-order valence-electron chi connectivity index (χ1n) is 9.32. The third-order valence-electron chi connectivity index (χ3n) is 5.04. The first-order chi connectivity index (χ1) is 14.0. The Kier molecular flexibility index (Phi) is 5.30. The Balaban J connectivity index is 1.40. The van der Waals surface area contributed by atoms with E-state index in [1.54, 1.807) is 36.8 Å². The molecule has 0 unspecified atom stereocenters. The SMILES string of the molecule is O=C(c1ccc(S(=O)(=O)Nc2ccncc2)cc1)N1CCC(n2ccnc2)CC1. The molecule has 0 bridgehead atoms. The van der Waals surface area contributed by atoms with Gasteiger partial charge in [-0.05, 0) is 49.2 Å². The number of pyridine rings is 1. The lowest BCUT2D eigenvalue weighted by Gasteiger charge is -2.32. The van der Waals surface area contributed by atoms with Crippen molar-refractivity contribution in [1.82, 2.24) is 19.4 Å². The quantitative estimate of drug-likeness (QED) is 0.696. The number of sulfonamides is 1. The van der Waals surface area contributed by atoms with Crippen LogP contribution in [-0.2, 0) is 10.0 Å². The molecule has 1 N–H and O–H groups in total. The molecule has 1 aromatic carbocycles. The summed E-state index contributed by atoms with van der Waals surface area (Å²) in [7, 11) is -3.72. The van der Waals surface area contributed by atoms with E-state index in [1.807, 2.05) is 11.1 Å². The molecule has 1 amide bonds. The Bertz CT molecular complexity index is 1060.